The molecule has 0 aliphatic rings. The van der Waals surface area contributed by atoms with Gasteiger partial charge >= 0.3 is 0 Å². The van der Waals surface area contributed by atoms with Gasteiger partial charge < -0.3 is 0 Å². The van der Waals surface area contributed by atoms with Crippen LogP contribution in [0.5, 0.6) is 0 Å². The SMILES string of the molecule is CCCCCCCCN(CCCCCCC)Cc1ccc(C)cc1. The molecular weight excluding hydrogens is 290 g/mol. The Hall–Kier alpha value is -0.820. The second-order valence-electron chi connectivity index (χ2n) is 7.44. The van der Waals surface area contributed by atoms with Crippen molar-refractivity contribution in [2.45, 2.75) is 97.9 Å². The monoisotopic (exact) mass is 331 g/mol. The standard InChI is InChI=1S/C23H41N/c1-4-6-8-10-12-14-20-24(19-13-11-9-7-5-2)21-23-17-15-22(3)16-18-23/h15-18H,4-14,19-21H2,1-3H3. The van der Waals surface area contributed by atoms with E-state index in [1.54, 1.807) is 0 Å². The zero-order valence-electron chi connectivity index (χ0n) is 16.7. The smallest absolute Gasteiger partial charge is 0.0233 e. The molecule has 0 radical (unpaired) electrons. The Labute approximate surface area is 151 Å². The first-order valence-electron chi connectivity index (χ1n) is 10.5. The zero-order valence-corrected chi connectivity index (χ0v) is 16.7. The number of aryl methyl sites for hydroxylation is 1. The van der Waals surface area contributed by atoms with Gasteiger partial charge in [-0.1, -0.05) is 101 Å². The molecule has 1 aromatic carbocycles. The summed E-state index contributed by atoms with van der Waals surface area (Å²) in [7, 11) is 0. The molecule has 0 aliphatic heterocycles. The van der Waals surface area contributed by atoms with Crippen LogP contribution in [-0.2, 0) is 6.54 Å². The van der Waals surface area contributed by atoms with E-state index in [-0.39, 0.29) is 0 Å². The maximum absolute atomic E-state index is 2.69. The van der Waals surface area contributed by atoms with Crippen LogP contribution in [0.3, 0.4) is 0 Å². The highest BCUT2D eigenvalue weighted by molar-refractivity contribution is 5.21. The molecule has 1 nitrogen and oxygen atoms in total. The summed E-state index contributed by atoms with van der Waals surface area (Å²) in [5, 5.41) is 0. The molecule has 1 aromatic rings. The van der Waals surface area contributed by atoms with E-state index in [1.165, 1.54) is 94.8 Å². The molecule has 0 unspecified atom stereocenters. The van der Waals surface area contributed by atoms with Crippen molar-refractivity contribution in [2.75, 3.05) is 13.1 Å². The predicted octanol–water partition coefficient (Wildman–Crippen LogP) is 7.13. The second kappa shape index (κ2) is 14.5. The van der Waals surface area contributed by atoms with Crippen LogP contribution in [0.1, 0.15) is 95.6 Å². The lowest BCUT2D eigenvalue weighted by Crippen LogP contribution is -2.25. The molecule has 0 fully saturated rings. The van der Waals surface area contributed by atoms with E-state index in [1.807, 2.05) is 0 Å². The van der Waals surface area contributed by atoms with Crippen LogP contribution < -0.4 is 0 Å². The molecule has 138 valence electrons. The fraction of sp³-hybridized carbons (Fsp3) is 0.739. The number of benzene rings is 1. The highest BCUT2D eigenvalue weighted by Crippen LogP contribution is 2.12. The van der Waals surface area contributed by atoms with Gasteiger partial charge in [0.15, 0.2) is 0 Å². The van der Waals surface area contributed by atoms with Crippen molar-refractivity contribution in [3.05, 3.63) is 35.4 Å². The molecule has 0 aliphatic carbocycles. The minimum Gasteiger partial charge on any atom is -0.299 e. The molecule has 0 bridgehead atoms. The Morgan fingerprint density at radius 3 is 1.58 bits per heavy atom. The summed E-state index contributed by atoms with van der Waals surface area (Å²) in [6.45, 7) is 10.4. The largest absolute Gasteiger partial charge is 0.299 e. The Balaban J connectivity index is 2.32. The highest BCUT2D eigenvalue weighted by Gasteiger charge is 2.06. The van der Waals surface area contributed by atoms with Crippen molar-refractivity contribution in [1.29, 1.82) is 0 Å². The first-order valence-corrected chi connectivity index (χ1v) is 10.5. The van der Waals surface area contributed by atoms with E-state index in [9.17, 15) is 0 Å². The summed E-state index contributed by atoms with van der Waals surface area (Å²) in [6, 6.07) is 9.11. The highest BCUT2D eigenvalue weighted by atomic mass is 15.1. The van der Waals surface area contributed by atoms with Crippen LogP contribution in [0, 0.1) is 6.92 Å². The average molecular weight is 332 g/mol. The summed E-state index contributed by atoms with van der Waals surface area (Å²) >= 11 is 0. The Kier molecular flexibility index (Phi) is 12.8. The second-order valence-corrected chi connectivity index (χ2v) is 7.44. The molecule has 0 heterocycles. The molecular formula is C23H41N. The van der Waals surface area contributed by atoms with Crippen molar-refractivity contribution < 1.29 is 0 Å². The third kappa shape index (κ3) is 10.9. The van der Waals surface area contributed by atoms with Crippen LogP contribution >= 0.6 is 0 Å². The number of hydrogen-bond acceptors (Lipinski definition) is 1. The number of unbranched alkanes of at least 4 members (excludes halogenated alkanes) is 9. The lowest BCUT2D eigenvalue weighted by atomic mass is 10.1. The van der Waals surface area contributed by atoms with Crippen molar-refractivity contribution in [2.24, 2.45) is 0 Å². The van der Waals surface area contributed by atoms with Gasteiger partial charge in [0.05, 0.1) is 0 Å². The van der Waals surface area contributed by atoms with E-state index in [4.69, 9.17) is 0 Å². The summed E-state index contributed by atoms with van der Waals surface area (Å²) in [6.07, 6.45) is 15.3. The molecule has 0 amide bonds. The van der Waals surface area contributed by atoms with Crippen molar-refractivity contribution in [3.8, 4) is 0 Å². The van der Waals surface area contributed by atoms with E-state index < -0.39 is 0 Å². The maximum atomic E-state index is 2.69. The first-order chi connectivity index (χ1) is 11.8. The Morgan fingerprint density at radius 1 is 0.625 bits per heavy atom. The van der Waals surface area contributed by atoms with Gasteiger partial charge in [0.25, 0.3) is 0 Å². The summed E-state index contributed by atoms with van der Waals surface area (Å²) in [5.41, 5.74) is 2.83. The van der Waals surface area contributed by atoms with Gasteiger partial charge in [0.1, 0.15) is 0 Å². The molecule has 24 heavy (non-hydrogen) atoms. The van der Waals surface area contributed by atoms with Gasteiger partial charge in [-0.25, -0.2) is 0 Å². The van der Waals surface area contributed by atoms with Gasteiger partial charge in [-0.2, -0.15) is 0 Å². The average Bonchev–Trinajstić information content (AvgIpc) is 2.59. The predicted molar refractivity (Wildman–Crippen MR) is 109 cm³/mol. The lowest BCUT2D eigenvalue weighted by Gasteiger charge is -2.22. The molecule has 0 N–H and O–H groups in total. The van der Waals surface area contributed by atoms with Crippen LogP contribution in [0.15, 0.2) is 24.3 Å². The number of hydrogen-bond donors (Lipinski definition) is 0. The van der Waals surface area contributed by atoms with E-state index in [2.05, 4.69) is 49.9 Å². The van der Waals surface area contributed by atoms with Gasteiger partial charge in [-0.05, 0) is 38.4 Å². The van der Waals surface area contributed by atoms with Gasteiger partial charge in [0, 0.05) is 6.54 Å². The van der Waals surface area contributed by atoms with Crippen molar-refractivity contribution in [3.63, 3.8) is 0 Å². The quantitative estimate of drug-likeness (QED) is 0.309. The zero-order chi connectivity index (χ0) is 17.5. The van der Waals surface area contributed by atoms with Gasteiger partial charge in [-0.15, -0.1) is 0 Å². The van der Waals surface area contributed by atoms with Crippen LogP contribution in [0.4, 0.5) is 0 Å². The van der Waals surface area contributed by atoms with E-state index >= 15 is 0 Å². The van der Waals surface area contributed by atoms with Crippen LogP contribution in [0.25, 0.3) is 0 Å². The molecule has 0 atom stereocenters. The third-order valence-electron chi connectivity index (χ3n) is 4.93. The molecule has 0 aromatic heterocycles. The third-order valence-corrected chi connectivity index (χ3v) is 4.93. The summed E-state index contributed by atoms with van der Waals surface area (Å²) in [5.74, 6) is 0. The van der Waals surface area contributed by atoms with Crippen molar-refractivity contribution in [1.82, 2.24) is 4.90 Å². The molecule has 1 heteroatoms. The first kappa shape index (κ1) is 21.2. The molecule has 0 saturated heterocycles. The topological polar surface area (TPSA) is 3.24 Å². The van der Waals surface area contributed by atoms with Crippen LogP contribution in [0.2, 0.25) is 0 Å². The number of rotatable bonds is 15. The van der Waals surface area contributed by atoms with Gasteiger partial charge in [-0.3, -0.25) is 4.90 Å². The Bertz CT molecular complexity index is 382. The molecule has 0 saturated carbocycles. The van der Waals surface area contributed by atoms with Gasteiger partial charge in [0.2, 0.25) is 0 Å². The minimum atomic E-state index is 1.13. The van der Waals surface area contributed by atoms with Crippen molar-refractivity contribution >= 4 is 0 Å². The van der Waals surface area contributed by atoms with E-state index in [0.29, 0.717) is 0 Å². The Morgan fingerprint density at radius 2 is 1.08 bits per heavy atom. The molecule has 1 rings (SSSR count). The number of nitrogens with zero attached hydrogens (tertiary/aromatic N) is 1. The van der Waals surface area contributed by atoms with Crippen LogP contribution in [-0.4, -0.2) is 18.0 Å². The fourth-order valence-electron chi connectivity index (χ4n) is 3.28. The normalized spacial score (nSPS) is 11.3. The molecule has 0 spiro atoms. The lowest BCUT2D eigenvalue weighted by molar-refractivity contribution is 0.252. The summed E-state index contributed by atoms with van der Waals surface area (Å²) in [4.78, 5) is 2.69. The maximum Gasteiger partial charge on any atom is 0.0233 e. The van der Waals surface area contributed by atoms with E-state index in [0.717, 1.165) is 6.54 Å². The fourth-order valence-corrected chi connectivity index (χ4v) is 3.28. The summed E-state index contributed by atoms with van der Waals surface area (Å²) < 4.78 is 0. The minimum absolute atomic E-state index is 1.13.